The Morgan fingerprint density at radius 1 is 1.50 bits per heavy atom. The van der Waals surface area contributed by atoms with E-state index in [-0.39, 0.29) is 0 Å². The second kappa shape index (κ2) is 6.96. The van der Waals surface area contributed by atoms with E-state index in [0.29, 0.717) is 6.42 Å². The first kappa shape index (κ1) is 12.5. The molecule has 14 heavy (non-hydrogen) atoms. The SMILES string of the molecule is CC#CC(=O)NC(CCCC)C(=O)O. The van der Waals surface area contributed by atoms with Gasteiger partial charge in [-0.05, 0) is 19.3 Å². The molecular formula is C10H15NO3. The van der Waals surface area contributed by atoms with Crippen molar-refractivity contribution in [2.24, 2.45) is 0 Å². The van der Waals surface area contributed by atoms with E-state index in [4.69, 9.17) is 5.11 Å². The monoisotopic (exact) mass is 197 g/mol. The second-order valence-electron chi connectivity index (χ2n) is 2.88. The van der Waals surface area contributed by atoms with Crippen molar-refractivity contribution in [1.29, 1.82) is 0 Å². The van der Waals surface area contributed by atoms with E-state index in [1.807, 2.05) is 6.92 Å². The van der Waals surface area contributed by atoms with Crippen LogP contribution in [0.3, 0.4) is 0 Å². The van der Waals surface area contributed by atoms with Crippen molar-refractivity contribution < 1.29 is 14.7 Å². The third-order valence-electron chi connectivity index (χ3n) is 1.69. The van der Waals surface area contributed by atoms with Gasteiger partial charge in [0, 0.05) is 0 Å². The molecule has 0 spiro atoms. The van der Waals surface area contributed by atoms with E-state index in [2.05, 4.69) is 17.2 Å². The summed E-state index contributed by atoms with van der Waals surface area (Å²) in [6.45, 7) is 3.49. The number of hydrogen-bond acceptors (Lipinski definition) is 2. The highest BCUT2D eigenvalue weighted by Gasteiger charge is 2.17. The lowest BCUT2D eigenvalue weighted by Gasteiger charge is -2.11. The molecule has 2 N–H and O–H groups in total. The summed E-state index contributed by atoms with van der Waals surface area (Å²) >= 11 is 0. The Labute approximate surface area is 83.7 Å². The van der Waals surface area contributed by atoms with Gasteiger partial charge in [-0.25, -0.2) is 4.79 Å². The first-order valence-corrected chi connectivity index (χ1v) is 4.57. The summed E-state index contributed by atoms with van der Waals surface area (Å²) < 4.78 is 0. The number of hydrogen-bond donors (Lipinski definition) is 2. The molecule has 4 nitrogen and oxygen atoms in total. The summed E-state index contributed by atoms with van der Waals surface area (Å²) in [5.74, 6) is 3.12. The molecule has 0 aliphatic carbocycles. The molecule has 0 heterocycles. The highest BCUT2D eigenvalue weighted by atomic mass is 16.4. The van der Waals surface area contributed by atoms with Crippen LogP contribution < -0.4 is 5.32 Å². The Bertz CT molecular complexity index is 262. The summed E-state index contributed by atoms with van der Waals surface area (Å²) in [5.41, 5.74) is 0. The third-order valence-corrected chi connectivity index (χ3v) is 1.69. The number of carbonyl (C=O) groups excluding carboxylic acids is 1. The van der Waals surface area contributed by atoms with Gasteiger partial charge in [0.15, 0.2) is 0 Å². The molecule has 0 bridgehead atoms. The van der Waals surface area contributed by atoms with E-state index in [1.54, 1.807) is 0 Å². The van der Waals surface area contributed by atoms with Crippen molar-refractivity contribution in [2.75, 3.05) is 0 Å². The Morgan fingerprint density at radius 2 is 2.14 bits per heavy atom. The first-order chi connectivity index (χ1) is 6.61. The molecule has 0 aromatic rings. The highest BCUT2D eigenvalue weighted by Crippen LogP contribution is 2.00. The fourth-order valence-corrected chi connectivity index (χ4v) is 0.973. The van der Waals surface area contributed by atoms with Gasteiger partial charge in [-0.2, -0.15) is 0 Å². The summed E-state index contributed by atoms with van der Waals surface area (Å²) in [6, 6.07) is -0.816. The molecule has 0 aliphatic rings. The van der Waals surface area contributed by atoms with Crippen molar-refractivity contribution in [1.82, 2.24) is 5.32 Å². The summed E-state index contributed by atoms with van der Waals surface area (Å²) in [6.07, 6.45) is 2.12. The smallest absolute Gasteiger partial charge is 0.326 e. The predicted molar refractivity (Wildman–Crippen MR) is 52.5 cm³/mol. The largest absolute Gasteiger partial charge is 0.480 e. The van der Waals surface area contributed by atoms with Crippen molar-refractivity contribution in [3.8, 4) is 11.8 Å². The van der Waals surface area contributed by atoms with Crippen LogP contribution in [0.4, 0.5) is 0 Å². The van der Waals surface area contributed by atoms with E-state index in [0.717, 1.165) is 12.8 Å². The number of aliphatic carboxylic acids is 1. The van der Waals surface area contributed by atoms with Gasteiger partial charge in [0.2, 0.25) is 0 Å². The van der Waals surface area contributed by atoms with Crippen LogP contribution >= 0.6 is 0 Å². The van der Waals surface area contributed by atoms with Gasteiger partial charge in [-0.3, -0.25) is 4.79 Å². The molecule has 0 fully saturated rings. The van der Waals surface area contributed by atoms with Gasteiger partial charge >= 0.3 is 5.97 Å². The average molecular weight is 197 g/mol. The van der Waals surface area contributed by atoms with Crippen LogP contribution in [0.25, 0.3) is 0 Å². The number of rotatable bonds is 5. The second-order valence-corrected chi connectivity index (χ2v) is 2.88. The van der Waals surface area contributed by atoms with Crippen LogP contribution in [0.5, 0.6) is 0 Å². The van der Waals surface area contributed by atoms with Gasteiger partial charge in [0.25, 0.3) is 5.91 Å². The molecule has 4 heteroatoms. The fraction of sp³-hybridized carbons (Fsp3) is 0.600. The topological polar surface area (TPSA) is 66.4 Å². The lowest BCUT2D eigenvalue weighted by molar-refractivity contribution is -0.141. The Hall–Kier alpha value is -1.50. The number of unbranched alkanes of at least 4 members (excludes halogenated alkanes) is 1. The van der Waals surface area contributed by atoms with Crippen LogP contribution in [0.15, 0.2) is 0 Å². The summed E-state index contributed by atoms with van der Waals surface area (Å²) in [7, 11) is 0. The van der Waals surface area contributed by atoms with E-state index in [1.165, 1.54) is 6.92 Å². The van der Waals surface area contributed by atoms with Gasteiger partial charge in [0.1, 0.15) is 6.04 Å². The molecule has 0 saturated carbocycles. The van der Waals surface area contributed by atoms with Crippen molar-refractivity contribution in [3.63, 3.8) is 0 Å². The zero-order valence-corrected chi connectivity index (χ0v) is 8.46. The minimum Gasteiger partial charge on any atom is -0.480 e. The predicted octanol–water partition coefficient (Wildman–Crippen LogP) is 0.769. The number of amides is 1. The van der Waals surface area contributed by atoms with Crippen LogP contribution in [-0.4, -0.2) is 23.0 Å². The zero-order chi connectivity index (χ0) is 11.0. The minimum absolute atomic E-state index is 0.447. The molecule has 1 atom stereocenters. The molecule has 0 aromatic carbocycles. The molecule has 0 aromatic heterocycles. The van der Waals surface area contributed by atoms with Crippen molar-refractivity contribution >= 4 is 11.9 Å². The van der Waals surface area contributed by atoms with Crippen LogP contribution in [0, 0.1) is 11.8 Å². The Kier molecular flexibility index (Phi) is 6.21. The summed E-state index contributed by atoms with van der Waals surface area (Å²) in [5, 5.41) is 11.1. The molecule has 0 saturated heterocycles. The highest BCUT2D eigenvalue weighted by molar-refractivity contribution is 5.95. The number of carbonyl (C=O) groups is 2. The van der Waals surface area contributed by atoms with Gasteiger partial charge in [-0.15, -0.1) is 0 Å². The normalized spacial score (nSPS) is 11.0. The van der Waals surface area contributed by atoms with Gasteiger partial charge < -0.3 is 10.4 Å². The molecule has 0 aliphatic heterocycles. The maximum absolute atomic E-state index is 11.0. The standard InChI is InChI=1S/C10H15NO3/c1-3-5-7-8(10(13)14)11-9(12)6-4-2/h8H,3,5,7H2,1-2H3,(H,11,12)(H,13,14). The molecule has 78 valence electrons. The van der Waals surface area contributed by atoms with E-state index in [9.17, 15) is 9.59 Å². The van der Waals surface area contributed by atoms with Crippen LogP contribution in [0.2, 0.25) is 0 Å². The van der Waals surface area contributed by atoms with Crippen LogP contribution in [0.1, 0.15) is 33.1 Å². The number of carboxylic acid groups (broad SMARTS) is 1. The van der Waals surface area contributed by atoms with Gasteiger partial charge in [0.05, 0.1) is 0 Å². The fourth-order valence-electron chi connectivity index (χ4n) is 0.973. The third kappa shape index (κ3) is 5.20. The molecular weight excluding hydrogens is 182 g/mol. The maximum Gasteiger partial charge on any atom is 0.326 e. The average Bonchev–Trinajstić information content (AvgIpc) is 2.12. The van der Waals surface area contributed by atoms with Crippen molar-refractivity contribution in [2.45, 2.75) is 39.2 Å². The Morgan fingerprint density at radius 3 is 2.57 bits per heavy atom. The zero-order valence-electron chi connectivity index (χ0n) is 8.46. The van der Waals surface area contributed by atoms with E-state index >= 15 is 0 Å². The van der Waals surface area contributed by atoms with Gasteiger partial charge in [-0.1, -0.05) is 25.7 Å². The maximum atomic E-state index is 11.0. The number of nitrogens with one attached hydrogen (secondary N) is 1. The molecule has 1 amide bonds. The minimum atomic E-state index is -1.01. The summed E-state index contributed by atoms with van der Waals surface area (Å²) in [4.78, 5) is 21.7. The molecule has 0 rings (SSSR count). The van der Waals surface area contributed by atoms with Crippen LogP contribution in [-0.2, 0) is 9.59 Å². The molecule has 1 unspecified atom stereocenters. The molecule has 0 radical (unpaired) electrons. The first-order valence-electron chi connectivity index (χ1n) is 4.57. The Balaban J connectivity index is 4.13. The lowest BCUT2D eigenvalue weighted by Crippen LogP contribution is -2.40. The lowest BCUT2D eigenvalue weighted by atomic mass is 10.1. The quantitative estimate of drug-likeness (QED) is 0.640. The van der Waals surface area contributed by atoms with E-state index < -0.39 is 17.9 Å². The van der Waals surface area contributed by atoms with Crippen molar-refractivity contribution in [3.05, 3.63) is 0 Å². The number of carboxylic acids is 1.